The van der Waals surface area contributed by atoms with Gasteiger partial charge in [0.15, 0.2) is 0 Å². The van der Waals surface area contributed by atoms with Crippen molar-refractivity contribution in [3.8, 4) is 11.5 Å². The minimum absolute atomic E-state index is 0.0521. The van der Waals surface area contributed by atoms with Crippen molar-refractivity contribution in [1.82, 2.24) is 5.32 Å². The number of amides is 1. The molecule has 1 aromatic rings. The number of methoxy groups -OCH3 is 1. The highest BCUT2D eigenvalue weighted by Gasteiger charge is 2.14. The molecule has 0 aromatic heterocycles. The van der Waals surface area contributed by atoms with Crippen LogP contribution in [0.25, 0.3) is 0 Å². The lowest BCUT2D eigenvalue weighted by Gasteiger charge is -2.14. The highest BCUT2D eigenvalue weighted by Crippen LogP contribution is 2.22. The van der Waals surface area contributed by atoms with Crippen LogP contribution in [-0.4, -0.2) is 30.5 Å². The van der Waals surface area contributed by atoms with E-state index in [0.717, 1.165) is 12.8 Å². The van der Waals surface area contributed by atoms with Crippen LogP contribution in [0.3, 0.4) is 0 Å². The van der Waals surface area contributed by atoms with E-state index in [1.807, 2.05) is 0 Å². The van der Waals surface area contributed by atoms with Gasteiger partial charge in [-0.25, -0.2) is 0 Å². The predicted octanol–water partition coefficient (Wildman–Crippen LogP) is 2.79. The van der Waals surface area contributed by atoms with Crippen LogP contribution < -0.4 is 10.1 Å². The molecule has 4 nitrogen and oxygen atoms in total. The number of phenolic OH excluding ortho intramolecular Hbond substituents is 1. The number of hydrogen-bond donors (Lipinski definition) is 2. The fraction of sp³-hybridized carbons (Fsp3) is 0.500. The van der Waals surface area contributed by atoms with Crippen LogP contribution in [0.5, 0.6) is 11.5 Å². The molecule has 0 radical (unpaired) electrons. The number of carbonyl (C=O) groups excluding carboxylic acids is 1. The third-order valence-corrected chi connectivity index (χ3v) is 3.31. The van der Waals surface area contributed by atoms with E-state index in [1.165, 1.54) is 19.2 Å². The summed E-state index contributed by atoms with van der Waals surface area (Å²) in [6, 6.07) is 4.57. The van der Waals surface area contributed by atoms with E-state index in [-0.39, 0.29) is 17.2 Å². The third kappa shape index (κ3) is 4.63. The second kappa shape index (κ2) is 7.89. The number of aromatic hydroxyl groups is 1. The largest absolute Gasteiger partial charge is 0.507 e. The Labute approximate surface area is 118 Å². The molecule has 2 N–H and O–H groups in total. The lowest BCUT2D eigenvalue weighted by atomic mass is 10.0. The number of phenols is 1. The summed E-state index contributed by atoms with van der Waals surface area (Å²) < 4.78 is 5.04. The Balaban J connectivity index is 2.67. The molecule has 106 valence electrons. The molecule has 1 atom stereocenters. The summed E-state index contributed by atoms with van der Waals surface area (Å²) in [5.74, 6) is 1.12. The predicted molar refractivity (Wildman–Crippen MR) is 76.1 cm³/mol. The molecule has 0 aliphatic carbocycles. The van der Waals surface area contributed by atoms with Gasteiger partial charge in [-0.05, 0) is 30.5 Å². The quantitative estimate of drug-likeness (QED) is 0.758. The zero-order valence-corrected chi connectivity index (χ0v) is 12.0. The average molecular weight is 286 g/mol. The van der Waals surface area contributed by atoms with E-state index < -0.39 is 0 Å². The zero-order chi connectivity index (χ0) is 14.3. The van der Waals surface area contributed by atoms with Crippen molar-refractivity contribution in [1.29, 1.82) is 0 Å². The van der Waals surface area contributed by atoms with Gasteiger partial charge < -0.3 is 15.2 Å². The maximum absolute atomic E-state index is 12.0. The van der Waals surface area contributed by atoms with E-state index in [9.17, 15) is 9.90 Å². The molecule has 1 unspecified atom stereocenters. The molecule has 1 rings (SSSR count). The first kappa shape index (κ1) is 15.6. The molecule has 1 amide bonds. The number of halogens is 1. The Morgan fingerprint density at radius 3 is 2.84 bits per heavy atom. The van der Waals surface area contributed by atoms with Crippen LogP contribution in [0.4, 0.5) is 0 Å². The maximum atomic E-state index is 12.0. The maximum Gasteiger partial charge on any atom is 0.255 e. The Bertz CT molecular complexity index is 423. The standard InChI is InChI=1S/C14H20ClNO3/c1-3-10(6-7-15)9-16-14(18)12-8-11(19-2)4-5-13(12)17/h4-5,8,10,17H,3,6-7,9H2,1-2H3,(H,16,18). The highest BCUT2D eigenvalue weighted by molar-refractivity contribution is 6.17. The molecule has 0 bridgehead atoms. The molecule has 0 saturated heterocycles. The lowest BCUT2D eigenvalue weighted by Crippen LogP contribution is -2.29. The van der Waals surface area contributed by atoms with E-state index >= 15 is 0 Å². The van der Waals surface area contributed by atoms with Crippen molar-refractivity contribution in [2.75, 3.05) is 19.5 Å². The van der Waals surface area contributed by atoms with Crippen molar-refractivity contribution >= 4 is 17.5 Å². The van der Waals surface area contributed by atoms with Gasteiger partial charge in [0.2, 0.25) is 0 Å². The summed E-state index contributed by atoms with van der Waals surface area (Å²) in [7, 11) is 1.52. The summed E-state index contributed by atoms with van der Waals surface area (Å²) in [4.78, 5) is 12.0. The SMILES string of the molecule is CCC(CCCl)CNC(=O)c1cc(OC)ccc1O. The summed E-state index contributed by atoms with van der Waals surface area (Å²) in [6.07, 6.45) is 1.82. The molecule has 0 aliphatic rings. The number of benzene rings is 1. The second-order valence-electron chi connectivity index (χ2n) is 4.35. The average Bonchev–Trinajstić information content (AvgIpc) is 2.43. The molecule has 1 aromatic carbocycles. The lowest BCUT2D eigenvalue weighted by molar-refractivity contribution is 0.0943. The summed E-state index contributed by atoms with van der Waals surface area (Å²) in [5, 5.41) is 12.5. The zero-order valence-electron chi connectivity index (χ0n) is 11.3. The Morgan fingerprint density at radius 2 is 2.26 bits per heavy atom. The van der Waals surface area contributed by atoms with E-state index in [1.54, 1.807) is 6.07 Å². The van der Waals surface area contributed by atoms with Crippen LogP contribution in [-0.2, 0) is 0 Å². The van der Waals surface area contributed by atoms with Crippen molar-refractivity contribution in [2.24, 2.45) is 5.92 Å². The molecular formula is C14H20ClNO3. The Kier molecular flexibility index (Phi) is 6.50. The minimum Gasteiger partial charge on any atom is -0.507 e. The first-order valence-electron chi connectivity index (χ1n) is 6.33. The van der Waals surface area contributed by atoms with Gasteiger partial charge in [0.25, 0.3) is 5.91 Å². The van der Waals surface area contributed by atoms with Gasteiger partial charge in [0.05, 0.1) is 12.7 Å². The van der Waals surface area contributed by atoms with Gasteiger partial charge >= 0.3 is 0 Å². The van der Waals surface area contributed by atoms with Gasteiger partial charge in [0, 0.05) is 12.4 Å². The van der Waals surface area contributed by atoms with Crippen LogP contribution in [0, 0.1) is 5.92 Å². The van der Waals surface area contributed by atoms with Crippen LogP contribution in [0.1, 0.15) is 30.1 Å². The summed E-state index contributed by atoms with van der Waals surface area (Å²) >= 11 is 5.70. The fourth-order valence-corrected chi connectivity index (χ4v) is 2.07. The number of rotatable bonds is 7. The number of alkyl halides is 1. The van der Waals surface area contributed by atoms with Gasteiger partial charge in [-0.15, -0.1) is 11.6 Å². The Hall–Kier alpha value is -1.42. The first-order chi connectivity index (χ1) is 9.12. The topological polar surface area (TPSA) is 58.6 Å². The van der Waals surface area contributed by atoms with Crippen LogP contribution in [0.2, 0.25) is 0 Å². The number of nitrogens with one attached hydrogen (secondary N) is 1. The summed E-state index contributed by atoms with van der Waals surface area (Å²) in [6.45, 7) is 2.62. The van der Waals surface area contributed by atoms with Crippen molar-refractivity contribution in [3.05, 3.63) is 23.8 Å². The second-order valence-corrected chi connectivity index (χ2v) is 4.72. The monoisotopic (exact) mass is 285 g/mol. The normalized spacial score (nSPS) is 11.9. The molecule has 0 saturated carbocycles. The molecule has 0 fully saturated rings. The molecule has 0 aliphatic heterocycles. The fourth-order valence-electron chi connectivity index (χ4n) is 1.76. The molecule has 0 heterocycles. The number of hydrogen-bond acceptors (Lipinski definition) is 3. The highest BCUT2D eigenvalue weighted by atomic mass is 35.5. The summed E-state index contributed by atoms with van der Waals surface area (Å²) in [5.41, 5.74) is 0.222. The van der Waals surface area contributed by atoms with Crippen molar-refractivity contribution in [2.45, 2.75) is 19.8 Å². The van der Waals surface area contributed by atoms with E-state index in [2.05, 4.69) is 12.2 Å². The van der Waals surface area contributed by atoms with Crippen molar-refractivity contribution in [3.63, 3.8) is 0 Å². The third-order valence-electron chi connectivity index (χ3n) is 3.09. The number of ether oxygens (including phenoxy) is 1. The van der Waals surface area contributed by atoms with Crippen LogP contribution >= 0.6 is 11.6 Å². The molecule has 5 heteroatoms. The van der Waals surface area contributed by atoms with Crippen molar-refractivity contribution < 1.29 is 14.6 Å². The van der Waals surface area contributed by atoms with Gasteiger partial charge in [-0.3, -0.25) is 4.79 Å². The van der Waals surface area contributed by atoms with E-state index in [0.29, 0.717) is 24.1 Å². The first-order valence-corrected chi connectivity index (χ1v) is 6.87. The smallest absolute Gasteiger partial charge is 0.255 e. The molecular weight excluding hydrogens is 266 g/mol. The number of carbonyl (C=O) groups is 1. The Morgan fingerprint density at radius 1 is 1.53 bits per heavy atom. The van der Waals surface area contributed by atoms with Crippen LogP contribution in [0.15, 0.2) is 18.2 Å². The molecule has 19 heavy (non-hydrogen) atoms. The minimum atomic E-state index is -0.301. The van der Waals surface area contributed by atoms with E-state index in [4.69, 9.17) is 16.3 Å². The van der Waals surface area contributed by atoms with Gasteiger partial charge in [-0.2, -0.15) is 0 Å². The van der Waals surface area contributed by atoms with Gasteiger partial charge in [0.1, 0.15) is 11.5 Å². The van der Waals surface area contributed by atoms with Gasteiger partial charge in [-0.1, -0.05) is 13.3 Å². The molecule has 0 spiro atoms.